The third kappa shape index (κ3) is 4.31. The first-order valence-electron chi connectivity index (χ1n) is 6.74. The summed E-state index contributed by atoms with van der Waals surface area (Å²) < 4.78 is 0. The van der Waals surface area contributed by atoms with Crippen molar-refractivity contribution in [3.05, 3.63) is 29.8 Å². The molecule has 104 valence electrons. The highest BCUT2D eigenvalue weighted by Crippen LogP contribution is 2.12. The number of nitrogens with one attached hydrogen (secondary N) is 3. The lowest BCUT2D eigenvalue weighted by molar-refractivity contribution is -0.118. The van der Waals surface area contributed by atoms with Crippen molar-refractivity contribution in [2.75, 3.05) is 31.6 Å². The predicted octanol–water partition coefficient (Wildman–Crippen LogP) is 0.111. The van der Waals surface area contributed by atoms with Crippen LogP contribution in [0.4, 0.5) is 5.69 Å². The maximum atomic E-state index is 12.0. The van der Waals surface area contributed by atoms with Crippen molar-refractivity contribution in [2.45, 2.75) is 18.9 Å². The summed E-state index contributed by atoms with van der Waals surface area (Å²) in [5.41, 5.74) is 1.94. The van der Waals surface area contributed by atoms with Gasteiger partial charge in [0, 0.05) is 31.9 Å². The summed E-state index contributed by atoms with van der Waals surface area (Å²) in [5.74, 6) is -0.00786. The van der Waals surface area contributed by atoms with Crippen molar-refractivity contribution >= 4 is 11.6 Å². The third-order valence-electron chi connectivity index (χ3n) is 3.18. The number of benzene rings is 1. The van der Waals surface area contributed by atoms with Crippen LogP contribution in [0.3, 0.4) is 0 Å². The zero-order valence-electron chi connectivity index (χ0n) is 11.0. The molecule has 0 radical (unpaired) electrons. The Kier molecular flexibility index (Phi) is 5.32. The number of carbonyl (C=O) groups excluding carboxylic acids is 1. The van der Waals surface area contributed by atoms with Crippen molar-refractivity contribution in [2.24, 2.45) is 0 Å². The molecule has 4 N–H and O–H groups in total. The van der Waals surface area contributed by atoms with Gasteiger partial charge in [0.15, 0.2) is 0 Å². The lowest BCUT2D eigenvalue weighted by Crippen LogP contribution is -2.54. The molecule has 0 saturated carbocycles. The van der Waals surface area contributed by atoms with Crippen LogP contribution in [0.5, 0.6) is 0 Å². The van der Waals surface area contributed by atoms with Crippen molar-refractivity contribution in [3.8, 4) is 0 Å². The largest absolute Gasteiger partial charge is 0.396 e. The summed E-state index contributed by atoms with van der Waals surface area (Å²) in [6.07, 6.45) is 1.56. The Morgan fingerprint density at radius 1 is 1.42 bits per heavy atom. The van der Waals surface area contributed by atoms with Gasteiger partial charge in [-0.25, -0.2) is 0 Å². The zero-order valence-corrected chi connectivity index (χ0v) is 11.0. The fourth-order valence-corrected chi connectivity index (χ4v) is 2.16. The Balaban J connectivity index is 1.92. The van der Waals surface area contributed by atoms with E-state index in [4.69, 9.17) is 5.11 Å². The summed E-state index contributed by atoms with van der Waals surface area (Å²) in [5, 5.41) is 18.1. The van der Waals surface area contributed by atoms with Gasteiger partial charge in [-0.3, -0.25) is 4.79 Å². The molecule has 5 nitrogen and oxygen atoms in total. The van der Waals surface area contributed by atoms with Crippen molar-refractivity contribution in [1.29, 1.82) is 0 Å². The summed E-state index contributed by atoms with van der Waals surface area (Å²) in [7, 11) is 0. The second-order valence-electron chi connectivity index (χ2n) is 4.73. The number of amides is 1. The molecule has 2 rings (SSSR count). The summed E-state index contributed by atoms with van der Waals surface area (Å²) in [6, 6.07) is 7.61. The van der Waals surface area contributed by atoms with E-state index in [-0.39, 0.29) is 18.6 Å². The molecule has 0 aliphatic carbocycles. The molecular weight excluding hydrogens is 242 g/mol. The first-order valence-corrected chi connectivity index (χ1v) is 6.74. The van der Waals surface area contributed by atoms with E-state index in [9.17, 15) is 4.79 Å². The van der Waals surface area contributed by atoms with Gasteiger partial charge in [0.2, 0.25) is 5.91 Å². The van der Waals surface area contributed by atoms with Gasteiger partial charge in [0.05, 0.1) is 6.04 Å². The number of rotatable bonds is 5. The average molecular weight is 263 g/mol. The molecule has 1 aliphatic heterocycles. The Morgan fingerprint density at radius 2 is 2.32 bits per heavy atom. The van der Waals surface area contributed by atoms with Crippen LogP contribution in [0.2, 0.25) is 0 Å². The highest BCUT2D eigenvalue weighted by Gasteiger charge is 2.20. The molecule has 1 aliphatic rings. The Hall–Kier alpha value is -1.43. The van der Waals surface area contributed by atoms with E-state index in [1.54, 1.807) is 0 Å². The minimum absolute atomic E-state index is 0.00786. The lowest BCUT2D eigenvalue weighted by Gasteiger charge is -2.23. The molecule has 0 bridgehead atoms. The summed E-state index contributed by atoms with van der Waals surface area (Å²) >= 11 is 0. The van der Waals surface area contributed by atoms with E-state index in [0.29, 0.717) is 6.54 Å². The van der Waals surface area contributed by atoms with E-state index in [1.807, 2.05) is 24.3 Å². The van der Waals surface area contributed by atoms with Crippen LogP contribution >= 0.6 is 0 Å². The number of piperazine rings is 1. The highest BCUT2D eigenvalue weighted by atomic mass is 16.2. The molecule has 1 saturated heterocycles. The Morgan fingerprint density at radius 3 is 3.05 bits per heavy atom. The van der Waals surface area contributed by atoms with Crippen molar-refractivity contribution in [3.63, 3.8) is 0 Å². The van der Waals surface area contributed by atoms with Crippen LogP contribution in [-0.4, -0.2) is 43.3 Å². The topological polar surface area (TPSA) is 73.4 Å². The van der Waals surface area contributed by atoms with Gasteiger partial charge < -0.3 is 21.1 Å². The standard InChI is InChI=1S/C14H21N3O2/c18-8-2-4-11-3-1-5-12(9-11)17-14(19)13-10-15-6-7-16-13/h1,3,5,9,13,15-16,18H,2,4,6-8,10H2,(H,17,19). The molecule has 1 aromatic carbocycles. The van der Waals surface area contributed by atoms with Crippen LogP contribution in [-0.2, 0) is 11.2 Å². The number of hydrogen-bond donors (Lipinski definition) is 4. The minimum Gasteiger partial charge on any atom is -0.396 e. The number of aryl methyl sites for hydroxylation is 1. The SMILES string of the molecule is O=C(Nc1cccc(CCCO)c1)C1CNCCN1. The predicted molar refractivity (Wildman–Crippen MR) is 75.1 cm³/mol. The summed E-state index contributed by atoms with van der Waals surface area (Å²) in [4.78, 5) is 12.0. The normalized spacial score (nSPS) is 19.1. The molecule has 0 spiro atoms. The number of hydrogen-bond acceptors (Lipinski definition) is 4. The molecule has 5 heteroatoms. The smallest absolute Gasteiger partial charge is 0.242 e. The van der Waals surface area contributed by atoms with Crippen molar-refractivity contribution in [1.82, 2.24) is 10.6 Å². The van der Waals surface area contributed by atoms with Gasteiger partial charge in [0.1, 0.15) is 0 Å². The molecule has 1 amide bonds. The molecule has 1 unspecified atom stereocenters. The molecular formula is C14H21N3O2. The average Bonchev–Trinajstić information content (AvgIpc) is 2.46. The van der Waals surface area contributed by atoms with Gasteiger partial charge in [0.25, 0.3) is 0 Å². The maximum absolute atomic E-state index is 12.0. The molecule has 0 aromatic heterocycles. The van der Waals surface area contributed by atoms with Crippen LogP contribution in [0.25, 0.3) is 0 Å². The van der Waals surface area contributed by atoms with Crippen LogP contribution < -0.4 is 16.0 Å². The summed E-state index contributed by atoms with van der Waals surface area (Å²) in [6.45, 7) is 2.57. The van der Waals surface area contributed by atoms with E-state index < -0.39 is 0 Å². The minimum atomic E-state index is -0.171. The Bertz CT molecular complexity index is 417. The molecule has 19 heavy (non-hydrogen) atoms. The first kappa shape index (κ1) is 14.0. The molecule has 1 heterocycles. The van der Waals surface area contributed by atoms with Crippen LogP contribution in [0.1, 0.15) is 12.0 Å². The van der Waals surface area contributed by atoms with Crippen LogP contribution in [0, 0.1) is 0 Å². The van der Waals surface area contributed by atoms with E-state index >= 15 is 0 Å². The zero-order chi connectivity index (χ0) is 13.5. The van der Waals surface area contributed by atoms with Crippen molar-refractivity contribution < 1.29 is 9.90 Å². The second kappa shape index (κ2) is 7.23. The van der Waals surface area contributed by atoms with Gasteiger partial charge in [-0.1, -0.05) is 12.1 Å². The van der Waals surface area contributed by atoms with E-state index in [0.717, 1.165) is 37.2 Å². The fraction of sp³-hybridized carbons (Fsp3) is 0.500. The van der Waals surface area contributed by atoms with E-state index in [2.05, 4.69) is 16.0 Å². The van der Waals surface area contributed by atoms with Gasteiger partial charge >= 0.3 is 0 Å². The maximum Gasteiger partial charge on any atom is 0.242 e. The number of anilines is 1. The number of aliphatic hydroxyl groups excluding tert-OH is 1. The number of aliphatic hydroxyl groups is 1. The second-order valence-corrected chi connectivity index (χ2v) is 4.73. The van der Waals surface area contributed by atoms with Gasteiger partial charge in [-0.05, 0) is 30.5 Å². The molecule has 1 atom stereocenters. The third-order valence-corrected chi connectivity index (χ3v) is 3.18. The monoisotopic (exact) mass is 263 g/mol. The number of carbonyl (C=O) groups is 1. The van der Waals surface area contributed by atoms with E-state index in [1.165, 1.54) is 0 Å². The fourth-order valence-electron chi connectivity index (χ4n) is 2.16. The van der Waals surface area contributed by atoms with Crippen LogP contribution in [0.15, 0.2) is 24.3 Å². The highest BCUT2D eigenvalue weighted by molar-refractivity contribution is 5.95. The quantitative estimate of drug-likeness (QED) is 0.608. The van der Waals surface area contributed by atoms with Gasteiger partial charge in [-0.2, -0.15) is 0 Å². The van der Waals surface area contributed by atoms with Gasteiger partial charge in [-0.15, -0.1) is 0 Å². The molecule has 1 fully saturated rings. The Labute approximate surface area is 113 Å². The molecule has 1 aromatic rings. The lowest BCUT2D eigenvalue weighted by atomic mass is 10.1. The first-order chi connectivity index (χ1) is 9.29.